The highest BCUT2D eigenvalue weighted by Crippen LogP contribution is 2.27. The van der Waals surface area contributed by atoms with Crippen LogP contribution in [0.4, 0.5) is 0 Å². The van der Waals surface area contributed by atoms with Gasteiger partial charge in [0.25, 0.3) is 0 Å². The molecule has 0 aromatic carbocycles. The molecule has 70 valence electrons. The molecule has 0 spiro atoms. The lowest BCUT2D eigenvalue weighted by molar-refractivity contribution is 0.286. The third-order valence-corrected chi connectivity index (χ3v) is 3.00. The standard InChI is InChI=1S/C10H20N2/c1-6(2)8-5-4-7(3)9(11)10(8)12/h4,6,8-10H,5,11-12H2,1-3H3. The summed E-state index contributed by atoms with van der Waals surface area (Å²) in [5, 5.41) is 0. The van der Waals surface area contributed by atoms with E-state index in [4.69, 9.17) is 11.5 Å². The molecule has 2 heteroatoms. The first kappa shape index (κ1) is 9.75. The van der Waals surface area contributed by atoms with Crippen molar-refractivity contribution >= 4 is 0 Å². The van der Waals surface area contributed by atoms with Crippen molar-refractivity contribution in [2.75, 3.05) is 0 Å². The summed E-state index contributed by atoms with van der Waals surface area (Å²) in [5.74, 6) is 1.19. The first-order chi connectivity index (χ1) is 5.54. The van der Waals surface area contributed by atoms with Gasteiger partial charge in [0.05, 0.1) is 0 Å². The van der Waals surface area contributed by atoms with Crippen molar-refractivity contribution in [3.05, 3.63) is 11.6 Å². The molecule has 1 rings (SSSR count). The van der Waals surface area contributed by atoms with Crippen molar-refractivity contribution in [3.63, 3.8) is 0 Å². The van der Waals surface area contributed by atoms with E-state index in [1.54, 1.807) is 0 Å². The highest BCUT2D eigenvalue weighted by molar-refractivity contribution is 5.16. The molecule has 0 radical (unpaired) electrons. The molecule has 0 aliphatic heterocycles. The minimum atomic E-state index is 0.0751. The zero-order valence-electron chi connectivity index (χ0n) is 8.25. The Morgan fingerprint density at radius 3 is 2.50 bits per heavy atom. The molecule has 0 fully saturated rings. The molecule has 3 atom stereocenters. The predicted molar refractivity (Wildman–Crippen MR) is 52.7 cm³/mol. The Morgan fingerprint density at radius 1 is 1.42 bits per heavy atom. The largest absolute Gasteiger partial charge is 0.326 e. The monoisotopic (exact) mass is 168 g/mol. The molecule has 0 bridgehead atoms. The van der Waals surface area contributed by atoms with Crippen LogP contribution < -0.4 is 11.5 Å². The van der Waals surface area contributed by atoms with Gasteiger partial charge in [0, 0.05) is 12.1 Å². The molecule has 2 nitrogen and oxygen atoms in total. The molecule has 1 aliphatic carbocycles. The van der Waals surface area contributed by atoms with Crippen LogP contribution in [0.1, 0.15) is 27.2 Å². The molecule has 12 heavy (non-hydrogen) atoms. The summed E-state index contributed by atoms with van der Waals surface area (Å²) in [7, 11) is 0. The maximum absolute atomic E-state index is 6.05. The third kappa shape index (κ3) is 1.70. The number of nitrogens with two attached hydrogens (primary N) is 2. The molecule has 0 aromatic rings. The molecule has 0 aromatic heterocycles. The maximum atomic E-state index is 6.05. The van der Waals surface area contributed by atoms with Crippen LogP contribution in [0.3, 0.4) is 0 Å². The Kier molecular flexibility index (Phi) is 2.91. The summed E-state index contributed by atoms with van der Waals surface area (Å²) in [5.41, 5.74) is 13.3. The SMILES string of the molecule is CC1=CCC(C(C)C)C(N)C1N. The zero-order chi connectivity index (χ0) is 9.30. The van der Waals surface area contributed by atoms with Gasteiger partial charge in [0.1, 0.15) is 0 Å². The normalized spacial score (nSPS) is 36.8. The van der Waals surface area contributed by atoms with Gasteiger partial charge < -0.3 is 11.5 Å². The summed E-state index contributed by atoms with van der Waals surface area (Å²) < 4.78 is 0. The van der Waals surface area contributed by atoms with Crippen LogP contribution in [0, 0.1) is 11.8 Å². The first-order valence-corrected chi connectivity index (χ1v) is 4.72. The van der Waals surface area contributed by atoms with Gasteiger partial charge in [-0.1, -0.05) is 25.5 Å². The third-order valence-electron chi connectivity index (χ3n) is 3.00. The lowest BCUT2D eigenvalue weighted by Gasteiger charge is -2.35. The summed E-state index contributed by atoms with van der Waals surface area (Å²) in [6.45, 7) is 6.50. The van der Waals surface area contributed by atoms with Crippen LogP contribution in [0.2, 0.25) is 0 Å². The van der Waals surface area contributed by atoms with Crippen LogP contribution >= 0.6 is 0 Å². The summed E-state index contributed by atoms with van der Waals surface area (Å²) in [4.78, 5) is 0. The van der Waals surface area contributed by atoms with Gasteiger partial charge >= 0.3 is 0 Å². The van der Waals surface area contributed by atoms with Crippen molar-refractivity contribution in [2.45, 2.75) is 39.3 Å². The van der Waals surface area contributed by atoms with Crippen molar-refractivity contribution in [1.82, 2.24) is 0 Å². The van der Waals surface area contributed by atoms with Gasteiger partial charge in [0.15, 0.2) is 0 Å². The highest BCUT2D eigenvalue weighted by atomic mass is 14.8. The Labute approximate surface area is 75.0 Å². The van der Waals surface area contributed by atoms with Crippen LogP contribution in [-0.4, -0.2) is 12.1 Å². The molecule has 0 amide bonds. The van der Waals surface area contributed by atoms with Gasteiger partial charge in [-0.15, -0.1) is 0 Å². The molecular formula is C10H20N2. The van der Waals surface area contributed by atoms with Crippen molar-refractivity contribution in [1.29, 1.82) is 0 Å². The zero-order valence-corrected chi connectivity index (χ0v) is 8.25. The first-order valence-electron chi connectivity index (χ1n) is 4.72. The second-order valence-corrected chi connectivity index (χ2v) is 4.19. The molecule has 1 aliphatic rings. The van der Waals surface area contributed by atoms with E-state index in [1.165, 1.54) is 5.57 Å². The quantitative estimate of drug-likeness (QED) is 0.579. The summed E-state index contributed by atoms with van der Waals surface area (Å²) in [6, 6.07) is 0.223. The van der Waals surface area contributed by atoms with Gasteiger partial charge in [-0.25, -0.2) is 0 Å². The molecule has 4 N–H and O–H groups in total. The fourth-order valence-corrected chi connectivity index (χ4v) is 1.90. The van der Waals surface area contributed by atoms with Crippen molar-refractivity contribution in [2.24, 2.45) is 23.3 Å². The van der Waals surface area contributed by atoms with Gasteiger partial charge in [-0.05, 0) is 25.2 Å². The summed E-state index contributed by atoms with van der Waals surface area (Å²) in [6.07, 6.45) is 3.33. The predicted octanol–water partition coefficient (Wildman–Crippen LogP) is 1.26. The average molecular weight is 168 g/mol. The van der Waals surface area contributed by atoms with Gasteiger partial charge in [-0.3, -0.25) is 0 Å². The second-order valence-electron chi connectivity index (χ2n) is 4.19. The Bertz CT molecular complexity index is 184. The highest BCUT2D eigenvalue weighted by Gasteiger charge is 2.29. The van der Waals surface area contributed by atoms with E-state index < -0.39 is 0 Å². The molecule has 3 unspecified atom stereocenters. The Balaban J connectivity index is 2.73. The number of allylic oxidation sites excluding steroid dienone is 1. The van der Waals surface area contributed by atoms with E-state index in [2.05, 4.69) is 26.8 Å². The smallest absolute Gasteiger partial charge is 0.0408 e. The lowest BCUT2D eigenvalue weighted by Crippen LogP contribution is -2.50. The van der Waals surface area contributed by atoms with E-state index in [9.17, 15) is 0 Å². The molecule has 0 saturated heterocycles. The number of hydrogen-bond donors (Lipinski definition) is 2. The van der Waals surface area contributed by atoms with E-state index in [0.717, 1.165) is 6.42 Å². The van der Waals surface area contributed by atoms with E-state index in [1.807, 2.05) is 0 Å². The minimum Gasteiger partial charge on any atom is -0.326 e. The summed E-state index contributed by atoms with van der Waals surface area (Å²) >= 11 is 0. The minimum absolute atomic E-state index is 0.0751. The average Bonchev–Trinajstić information content (AvgIpc) is 2.00. The molecule has 0 heterocycles. The van der Waals surface area contributed by atoms with Gasteiger partial charge in [-0.2, -0.15) is 0 Å². The van der Waals surface area contributed by atoms with Crippen LogP contribution in [0.5, 0.6) is 0 Å². The van der Waals surface area contributed by atoms with Crippen LogP contribution in [0.25, 0.3) is 0 Å². The van der Waals surface area contributed by atoms with Crippen molar-refractivity contribution < 1.29 is 0 Å². The van der Waals surface area contributed by atoms with Crippen LogP contribution in [-0.2, 0) is 0 Å². The lowest BCUT2D eigenvalue weighted by atomic mass is 9.77. The second kappa shape index (κ2) is 3.58. The van der Waals surface area contributed by atoms with Crippen LogP contribution in [0.15, 0.2) is 11.6 Å². The van der Waals surface area contributed by atoms with Gasteiger partial charge in [0.2, 0.25) is 0 Å². The fraction of sp³-hybridized carbons (Fsp3) is 0.800. The topological polar surface area (TPSA) is 52.0 Å². The number of hydrogen-bond acceptors (Lipinski definition) is 2. The Morgan fingerprint density at radius 2 is 2.00 bits per heavy atom. The van der Waals surface area contributed by atoms with E-state index in [0.29, 0.717) is 11.8 Å². The maximum Gasteiger partial charge on any atom is 0.0408 e. The number of rotatable bonds is 1. The van der Waals surface area contributed by atoms with E-state index in [-0.39, 0.29) is 12.1 Å². The fourth-order valence-electron chi connectivity index (χ4n) is 1.90. The van der Waals surface area contributed by atoms with E-state index >= 15 is 0 Å². The van der Waals surface area contributed by atoms with Crippen molar-refractivity contribution in [3.8, 4) is 0 Å². The Hall–Kier alpha value is -0.340. The molecule has 0 saturated carbocycles. The molecular weight excluding hydrogens is 148 g/mol.